The van der Waals surface area contributed by atoms with Crippen LogP contribution in [-0.4, -0.2) is 10.9 Å². The molecule has 0 aromatic heterocycles. The number of carbonyl (C=O) groups excluding carboxylic acids is 1. The molecule has 0 aliphatic heterocycles. The van der Waals surface area contributed by atoms with E-state index in [0.29, 0.717) is 5.56 Å². The van der Waals surface area contributed by atoms with Crippen molar-refractivity contribution >= 4 is 5.78 Å². The second-order valence-corrected chi connectivity index (χ2v) is 3.35. The molecule has 0 radical (unpaired) electrons. The predicted octanol–water partition coefficient (Wildman–Crippen LogP) is 3.43. The zero-order valence-electron chi connectivity index (χ0n) is 9.47. The SMILES string of the molecule is C=C/C=C(C=C)/C=C/C(=O)c1cccc(O)c1. The lowest BCUT2D eigenvalue weighted by Gasteiger charge is -1.96. The first-order chi connectivity index (χ1) is 8.17. The number of phenolic OH excluding ortho intramolecular Hbond substituents is 1. The van der Waals surface area contributed by atoms with Gasteiger partial charge in [0, 0.05) is 5.56 Å². The van der Waals surface area contributed by atoms with Gasteiger partial charge in [0.1, 0.15) is 5.75 Å². The maximum atomic E-state index is 11.7. The molecule has 1 rings (SSSR count). The number of phenols is 1. The maximum absolute atomic E-state index is 11.7. The number of benzene rings is 1. The molecule has 0 aliphatic carbocycles. The van der Waals surface area contributed by atoms with Crippen LogP contribution >= 0.6 is 0 Å². The Hall–Kier alpha value is -2.35. The topological polar surface area (TPSA) is 37.3 Å². The smallest absolute Gasteiger partial charge is 0.185 e. The largest absolute Gasteiger partial charge is 0.508 e. The van der Waals surface area contributed by atoms with Crippen molar-refractivity contribution in [2.24, 2.45) is 0 Å². The van der Waals surface area contributed by atoms with Gasteiger partial charge in [0.25, 0.3) is 0 Å². The van der Waals surface area contributed by atoms with E-state index in [9.17, 15) is 9.90 Å². The summed E-state index contributed by atoms with van der Waals surface area (Å²) in [5.41, 5.74) is 1.25. The van der Waals surface area contributed by atoms with Gasteiger partial charge in [0.15, 0.2) is 5.78 Å². The van der Waals surface area contributed by atoms with E-state index in [1.165, 1.54) is 18.2 Å². The first-order valence-corrected chi connectivity index (χ1v) is 5.14. The molecule has 0 unspecified atom stereocenters. The maximum Gasteiger partial charge on any atom is 0.185 e. The lowest BCUT2D eigenvalue weighted by Crippen LogP contribution is -1.93. The summed E-state index contributed by atoms with van der Waals surface area (Å²) in [6, 6.07) is 6.23. The van der Waals surface area contributed by atoms with Gasteiger partial charge in [0.2, 0.25) is 0 Å². The van der Waals surface area contributed by atoms with E-state index in [-0.39, 0.29) is 11.5 Å². The summed E-state index contributed by atoms with van der Waals surface area (Å²) in [6.07, 6.45) is 8.10. The molecule has 0 spiro atoms. The van der Waals surface area contributed by atoms with Crippen LogP contribution in [0, 0.1) is 0 Å². The molecular formula is C15H14O2. The minimum Gasteiger partial charge on any atom is -0.508 e. The summed E-state index contributed by atoms with van der Waals surface area (Å²) in [5, 5.41) is 9.25. The number of hydrogen-bond acceptors (Lipinski definition) is 2. The predicted molar refractivity (Wildman–Crippen MR) is 70.1 cm³/mol. The van der Waals surface area contributed by atoms with Gasteiger partial charge in [-0.1, -0.05) is 49.6 Å². The molecule has 0 bridgehead atoms. The van der Waals surface area contributed by atoms with Crippen molar-refractivity contribution < 1.29 is 9.90 Å². The number of hydrogen-bond donors (Lipinski definition) is 1. The summed E-state index contributed by atoms with van der Waals surface area (Å²) in [4.78, 5) is 11.7. The van der Waals surface area contributed by atoms with Crippen LogP contribution in [0.1, 0.15) is 10.4 Å². The fourth-order valence-corrected chi connectivity index (χ4v) is 1.26. The average Bonchev–Trinajstić information content (AvgIpc) is 2.34. The highest BCUT2D eigenvalue weighted by atomic mass is 16.3. The molecule has 1 N–H and O–H groups in total. The van der Waals surface area contributed by atoms with Crippen molar-refractivity contribution in [3.05, 3.63) is 78.9 Å². The molecule has 2 nitrogen and oxygen atoms in total. The molecule has 0 saturated heterocycles. The molecule has 2 heteroatoms. The van der Waals surface area contributed by atoms with Crippen molar-refractivity contribution in [1.29, 1.82) is 0 Å². The van der Waals surface area contributed by atoms with Crippen LogP contribution in [-0.2, 0) is 0 Å². The van der Waals surface area contributed by atoms with Crippen LogP contribution in [0.3, 0.4) is 0 Å². The number of aromatic hydroxyl groups is 1. The monoisotopic (exact) mass is 226 g/mol. The minimum absolute atomic E-state index is 0.0785. The van der Waals surface area contributed by atoms with E-state index >= 15 is 0 Å². The fourth-order valence-electron chi connectivity index (χ4n) is 1.26. The van der Waals surface area contributed by atoms with Crippen molar-refractivity contribution in [3.63, 3.8) is 0 Å². The van der Waals surface area contributed by atoms with Crippen LogP contribution in [0.5, 0.6) is 5.75 Å². The van der Waals surface area contributed by atoms with E-state index < -0.39 is 0 Å². The fraction of sp³-hybridized carbons (Fsp3) is 0. The number of ketones is 1. The molecule has 0 aliphatic rings. The van der Waals surface area contributed by atoms with Crippen molar-refractivity contribution in [3.8, 4) is 5.75 Å². The lowest BCUT2D eigenvalue weighted by molar-refractivity contribution is 0.104. The van der Waals surface area contributed by atoms with Crippen LogP contribution in [0.2, 0.25) is 0 Å². The first kappa shape index (κ1) is 12.7. The van der Waals surface area contributed by atoms with Gasteiger partial charge in [0.05, 0.1) is 0 Å². The van der Waals surface area contributed by atoms with E-state index in [0.717, 1.165) is 5.57 Å². The summed E-state index contributed by atoms with van der Waals surface area (Å²) in [6.45, 7) is 7.20. The Balaban J connectivity index is 2.86. The van der Waals surface area contributed by atoms with Gasteiger partial charge in [-0.3, -0.25) is 4.79 Å². The standard InChI is InChI=1S/C15H14O2/c1-3-6-12(4-2)9-10-15(17)13-7-5-8-14(16)11-13/h3-11,16H,1-2H2/b10-9+,12-6+. The molecule has 1 aromatic carbocycles. The van der Waals surface area contributed by atoms with Gasteiger partial charge in [-0.05, 0) is 23.8 Å². The Kier molecular flexibility index (Phi) is 4.70. The van der Waals surface area contributed by atoms with Gasteiger partial charge in [-0.2, -0.15) is 0 Å². The molecule has 0 atom stereocenters. The molecule has 1 aromatic rings. The van der Waals surface area contributed by atoms with E-state index in [1.54, 1.807) is 36.4 Å². The molecule has 0 heterocycles. The Labute approximate surface area is 101 Å². The van der Waals surface area contributed by atoms with Gasteiger partial charge in [-0.15, -0.1) is 0 Å². The Morgan fingerprint density at radius 3 is 2.59 bits per heavy atom. The molecule has 17 heavy (non-hydrogen) atoms. The van der Waals surface area contributed by atoms with Crippen LogP contribution in [0.25, 0.3) is 0 Å². The molecule has 0 amide bonds. The minimum atomic E-state index is -0.169. The number of carbonyl (C=O) groups is 1. The number of rotatable bonds is 5. The van der Waals surface area contributed by atoms with Crippen molar-refractivity contribution in [2.45, 2.75) is 0 Å². The highest BCUT2D eigenvalue weighted by molar-refractivity contribution is 6.05. The Morgan fingerprint density at radius 1 is 1.24 bits per heavy atom. The quantitative estimate of drug-likeness (QED) is 0.474. The van der Waals surface area contributed by atoms with Gasteiger partial charge < -0.3 is 5.11 Å². The summed E-state index contributed by atoms with van der Waals surface area (Å²) in [5.74, 6) is -0.0902. The summed E-state index contributed by atoms with van der Waals surface area (Å²) >= 11 is 0. The van der Waals surface area contributed by atoms with Crippen molar-refractivity contribution in [1.82, 2.24) is 0 Å². The highest BCUT2D eigenvalue weighted by Crippen LogP contribution is 2.12. The summed E-state index contributed by atoms with van der Waals surface area (Å²) < 4.78 is 0. The van der Waals surface area contributed by atoms with Crippen LogP contribution in [0.4, 0.5) is 0 Å². The van der Waals surface area contributed by atoms with Crippen LogP contribution < -0.4 is 0 Å². The normalized spacial score (nSPS) is 11.4. The first-order valence-electron chi connectivity index (χ1n) is 5.14. The van der Waals surface area contributed by atoms with E-state index in [2.05, 4.69) is 13.2 Å². The second-order valence-electron chi connectivity index (χ2n) is 3.35. The molecule has 0 saturated carbocycles. The Morgan fingerprint density at radius 2 is 2.00 bits per heavy atom. The third-order valence-corrected chi connectivity index (χ3v) is 2.10. The Bertz CT molecular complexity index is 493. The zero-order chi connectivity index (χ0) is 12.7. The average molecular weight is 226 g/mol. The van der Waals surface area contributed by atoms with Crippen LogP contribution in [0.15, 0.2) is 73.4 Å². The summed E-state index contributed by atoms with van der Waals surface area (Å²) in [7, 11) is 0. The highest BCUT2D eigenvalue weighted by Gasteiger charge is 2.01. The van der Waals surface area contributed by atoms with Gasteiger partial charge in [-0.25, -0.2) is 0 Å². The lowest BCUT2D eigenvalue weighted by atomic mass is 10.1. The second kappa shape index (κ2) is 6.28. The van der Waals surface area contributed by atoms with Crippen molar-refractivity contribution in [2.75, 3.05) is 0 Å². The van der Waals surface area contributed by atoms with Gasteiger partial charge >= 0.3 is 0 Å². The third-order valence-electron chi connectivity index (χ3n) is 2.10. The van der Waals surface area contributed by atoms with E-state index in [1.807, 2.05) is 0 Å². The van der Waals surface area contributed by atoms with E-state index in [4.69, 9.17) is 0 Å². The molecular weight excluding hydrogens is 212 g/mol. The molecule has 86 valence electrons. The third kappa shape index (κ3) is 3.95. The molecule has 0 fully saturated rings. The zero-order valence-corrected chi connectivity index (χ0v) is 9.47. The number of allylic oxidation sites excluding steroid dienone is 6.